The van der Waals surface area contributed by atoms with Crippen molar-refractivity contribution in [2.75, 3.05) is 7.11 Å². The fraction of sp³-hybridized carbons (Fsp3) is 0.300. The van der Waals surface area contributed by atoms with E-state index in [0.29, 0.717) is 18.6 Å². The molecule has 1 amide bonds. The molecule has 3 rings (SSSR count). The topological polar surface area (TPSA) is 84.9 Å². The maximum atomic E-state index is 12.2. The monoisotopic (exact) mass is 355 g/mol. The van der Waals surface area contributed by atoms with Crippen LogP contribution in [0.3, 0.4) is 0 Å². The van der Waals surface area contributed by atoms with Gasteiger partial charge in [0.15, 0.2) is 0 Å². The van der Waals surface area contributed by atoms with Crippen LogP contribution in [0.5, 0.6) is 5.75 Å². The Kier molecular flexibility index (Phi) is 5.41. The molecule has 0 aliphatic heterocycles. The van der Waals surface area contributed by atoms with Gasteiger partial charge < -0.3 is 19.9 Å². The predicted octanol–water partition coefficient (Wildman–Crippen LogP) is 3.31. The number of hydrogen-bond donors (Lipinski definition) is 2. The Morgan fingerprint density at radius 3 is 2.65 bits per heavy atom. The van der Waals surface area contributed by atoms with E-state index in [1.165, 1.54) is 0 Å². The molecule has 0 radical (unpaired) electrons. The van der Waals surface area contributed by atoms with Crippen LogP contribution < -0.4 is 10.1 Å². The zero-order chi connectivity index (χ0) is 18.5. The summed E-state index contributed by atoms with van der Waals surface area (Å²) in [5, 5.41) is 12.3. The Bertz CT molecular complexity index is 790. The molecule has 6 nitrogen and oxygen atoms in total. The number of aliphatic carboxylic acids is 1. The van der Waals surface area contributed by atoms with Gasteiger partial charge in [0.05, 0.1) is 19.1 Å². The van der Waals surface area contributed by atoms with Crippen LogP contribution in [0, 0.1) is 5.92 Å². The van der Waals surface area contributed by atoms with Gasteiger partial charge >= 0.3 is 12.1 Å². The second-order valence-corrected chi connectivity index (χ2v) is 6.23. The second-order valence-electron chi connectivity index (χ2n) is 6.23. The first kappa shape index (κ1) is 17.8. The van der Waals surface area contributed by atoms with Gasteiger partial charge in [0.2, 0.25) is 0 Å². The maximum absolute atomic E-state index is 12.2. The average molecular weight is 355 g/mol. The van der Waals surface area contributed by atoms with Crippen molar-refractivity contribution in [1.82, 2.24) is 5.32 Å². The minimum Gasteiger partial charge on any atom is -0.497 e. The van der Waals surface area contributed by atoms with Crippen molar-refractivity contribution in [3.8, 4) is 5.75 Å². The summed E-state index contributed by atoms with van der Waals surface area (Å²) in [5.74, 6) is -0.914. The minimum absolute atomic E-state index is 0.132. The van der Waals surface area contributed by atoms with E-state index < -0.39 is 24.0 Å². The first-order valence-electron chi connectivity index (χ1n) is 8.45. The molecule has 1 aliphatic carbocycles. The summed E-state index contributed by atoms with van der Waals surface area (Å²) in [7, 11) is 1.58. The van der Waals surface area contributed by atoms with E-state index in [1.807, 2.05) is 42.5 Å². The summed E-state index contributed by atoms with van der Waals surface area (Å²) in [6.07, 6.45) is 0.439. The highest BCUT2D eigenvalue weighted by molar-refractivity contribution is 5.75. The maximum Gasteiger partial charge on any atom is 0.407 e. The van der Waals surface area contributed by atoms with Crippen molar-refractivity contribution in [3.05, 3.63) is 65.2 Å². The Morgan fingerprint density at radius 2 is 1.96 bits per heavy atom. The normalized spacial score (nSPS) is 18.5. The molecule has 0 fully saturated rings. The molecule has 0 unspecified atom stereocenters. The molecular formula is C20H21NO5. The van der Waals surface area contributed by atoms with E-state index in [9.17, 15) is 14.7 Å². The number of rotatable bonds is 5. The quantitative estimate of drug-likeness (QED) is 0.859. The number of hydrogen-bond acceptors (Lipinski definition) is 4. The highest BCUT2D eigenvalue weighted by Gasteiger charge is 2.36. The standard InChI is InChI=1S/C20H21NO5/c1-25-15-8-10-16-14(11-15)7-9-17(19(22)23)18(16)21-20(24)26-12-13-5-3-2-4-6-13/h2-6,8,10-11,17-18H,7,9,12H2,1H3,(H,21,24)(H,22,23)/t17-,18+/m0/s1. The summed E-state index contributed by atoms with van der Waals surface area (Å²) in [5.41, 5.74) is 2.64. The number of carbonyl (C=O) groups excluding carboxylic acids is 1. The number of fused-ring (bicyclic) bond motifs is 1. The predicted molar refractivity (Wildman–Crippen MR) is 94.9 cm³/mol. The van der Waals surface area contributed by atoms with Gasteiger partial charge in [0, 0.05) is 0 Å². The third kappa shape index (κ3) is 3.96. The van der Waals surface area contributed by atoms with E-state index in [0.717, 1.165) is 16.7 Å². The van der Waals surface area contributed by atoms with Gasteiger partial charge in [-0.3, -0.25) is 4.79 Å². The largest absolute Gasteiger partial charge is 0.497 e. The van der Waals surface area contributed by atoms with Gasteiger partial charge in [-0.25, -0.2) is 4.79 Å². The molecule has 0 bridgehead atoms. The lowest BCUT2D eigenvalue weighted by Gasteiger charge is -2.31. The molecule has 2 N–H and O–H groups in total. The molecule has 2 aromatic carbocycles. The van der Waals surface area contributed by atoms with Gasteiger partial charge in [0.1, 0.15) is 12.4 Å². The van der Waals surface area contributed by atoms with Gasteiger partial charge in [-0.05, 0) is 41.7 Å². The molecule has 2 aromatic rings. The number of carboxylic acid groups (broad SMARTS) is 1. The number of amides is 1. The van der Waals surface area contributed by atoms with Crippen LogP contribution in [0.15, 0.2) is 48.5 Å². The highest BCUT2D eigenvalue weighted by Crippen LogP contribution is 2.36. The summed E-state index contributed by atoms with van der Waals surface area (Å²) in [6, 6.07) is 14.2. The van der Waals surface area contributed by atoms with Crippen molar-refractivity contribution in [2.45, 2.75) is 25.5 Å². The van der Waals surface area contributed by atoms with E-state index in [2.05, 4.69) is 5.32 Å². The third-order valence-electron chi connectivity index (χ3n) is 4.62. The Morgan fingerprint density at radius 1 is 1.19 bits per heavy atom. The zero-order valence-electron chi connectivity index (χ0n) is 14.5. The van der Waals surface area contributed by atoms with E-state index in [1.54, 1.807) is 13.2 Å². The number of aryl methyl sites for hydroxylation is 1. The first-order valence-corrected chi connectivity index (χ1v) is 8.45. The second kappa shape index (κ2) is 7.91. The van der Waals surface area contributed by atoms with Crippen molar-refractivity contribution < 1.29 is 24.2 Å². The smallest absolute Gasteiger partial charge is 0.407 e. The molecule has 6 heteroatoms. The highest BCUT2D eigenvalue weighted by atomic mass is 16.5. The molecule has 0 saturated carbocycles. The van der Waals surface area contributed by atoms with Crippen molar-refractivity contribution >= 4 is 12.1 Å². The van der Waals surface area contributed by atoms with Crippen LogP contribution in [0.2, 0.25) is 0 Å². The molecule has 136 valence electrons. The van der Waals surface area contributed by atoms with Gasteiger partial charge in [-0.2, -0.15) is 0 Å². The van der Waals surface area contributed by atoms with Crippen LogP contribution in [-0.4, -0.2) is 24.3 Å². The van der Waals surface area contributed by atoms with Gasteiger partial charge in [0.25, 0.3) is 0 Å². The molecule has 2 atom stereocenters. The van der Waals surface area contributed by atoms with E-state index in [-0.39, 0.29) is 6.61 Å². The van der Waals surface area contributed by atoms with Gasteiger partial charge in [-0.15, -0.1) is 0 Å². The lowest BCUT2D eigenvalue weighted by Crippen LogP contribution is -2.39. The summed E-state index contributed by atoms with van der Waals surface area (Å²) < 4.78 is 10.5. The number of carboxylic acids is 1. The number of methoxy groups -OCH3 is 1. The molecular weight excluding hydrogens is 334 g/mol. The fourth-order valence-corrected chi connectivity index (χ4v) is 3.26. The van der Waals surface area contributed by atoms with Crippen LogP contribution in [0.4, 0.5) is 4.79 Å². The average Bonchev–Trinajstić information content (AvgIpc) is 2.66. The van der Waals surface area contributed by atoms with Crippen LogP contribution in [0.1, 0.15) is 29.2 Å². The summed E-state index contributed by atoms with van der Waals surface area (Å²) >= 11 is 0. The van der Waals surface area contributed by atoms with Crippen molar-refractivity contribution in [2.24, 2.45) is 5.92 Å². The number of carbonyl (C=O) groups is 2. The number of benzene rings is 2. The fourth-order valence-electron chi connectivity index (χ4n) is 3.26. The Balaban J connectivity index is 1.75. The molecule has 0 heterocycles. The Hall–Kier alpha value is -3.02. The number of nitrogens with one attached hydrogen (secondary N) is 1. The van der Waals surface area contributed by atoms with Crippen LogP contribution in [0.25, 0.3) is 0 Å². The van der Waals surface area contributed by atoms with Crippen molar-refractivity contribution in [1.29, 1.82) is 0 Å². The molecule has 1 aliphatic rings. The molecule has 0 spiro atoms. The zero-order valence-corrected chi connectivity index (χ0v) is 14.5. The number of alkyl carbamates (subject to hydrolysis) is 1. The summed E-state index contributed by atoms with van der Waals surface area (Å²) in [4.78, 5) is 23.9. The van der Waals surface area contributed by atoms with Gasteiger partial charge in [-0.1, -0.05) is 36.4 Å². The third-order valence-corrected chi connectivity index (χ3v) is 4.62. The SMILES string of the molecule is COc1ccc2c(c1)CC[C@H](C(=O)O)[C@@H]2NC(=O)OCc1ccccc1. The first-order chi connectivity index (χ1) is 12.6. The van der Waals surface area contributed by atoms with Crippen molar-refractivity contribution in [3.63, 3.8) is 0 Å². The molecule has 26 heavy (non-hydrogen) atoms. The molecule has 0 aromatic heterocycles. The van der Waals surface area contributed by atoms with Crippen LogP contribution in [-0.2, 0) is 22.6 Å². The van der Waals surface area contributed by atoms with E-state index in [4.69, 9.17) is 9.47 Å². The van der Waals surface area contributed by atoms with E-state index >= 15 is 0 Å². The lowest BCUT2D eigenvalue weighted by atomic mass is 9.79. The number of ether oxygens (including phenoxy) is 2. The van der Waals surface area contributed by atoms with Crippen LogP contribution >= 0.6 is 0 Å². The molecule has 0 saturated heterocycles. The lowest BCUT2D eigenvalue weighted by molar-refractivity contribution is -0.143. The summed E-state index contributed by atoms with van der Waals surface area (Å²) in [6.45, 7) is 0.132. The minimum atomic E-state index is -0.931. The Labute approximate surface area is 151 Å².